The van der Waals surface area contributed by atoms with Crippen molar-refractivity contribution < 1.29 is 15.3 Å². The minimum Gasteiger partial charge on any atom is -0.508 e. The van der Waals surface area contributed by atoms with Crippen LogP contribution in [0.5, 0.6) is 5.75 Å². The molecule has 0 bridgehead atoms. The number of benzene rings is 1. The second-order valence-electron chi connectivity index (χ2n) is 5.19. The Hall–Kier alpha value is -0.580. The smallest absolute Gasteiger partial charge is 0.121 e. The standard InChI is InChI=1S/C13H19BrO3/c1-13(2,3)8-4-5-10(15)9(6-8)12(17)11(16)7-14/h4-6,11-12,15-17H,7H2,1-3H3. The summed E-state index contributed by atoms with van der Waals surface area (Å²) in [5, 5.41) is 29.5. The van der Waals surface area contributed by atoms with Gasteiger partial charge in [-0.05, 0) is 23.1 Å². The topological polar surface area (TPSA) is 60.7 Å². The monoisotopic (exact) mass is 302 g/mol. The van der Waals surface area contributed by atoms with Crippen LogP contribution in [0.2, 0.25) is 0 Å². The molecule has 0 saturated carbocycles. The Labute approximate surface area is 110 Å². The molecule has 2 atom stereocenters. The highest BCUT2D eigenvalue weighted by Crippen LogP contribution is 2.32. The molecule has 0 radical (unpaired) electrons. The molecule has 2 unspecified atom stereocenters. The average molecular weight is 303 g/mol. The summed E-state index contributed by atoms with van der Waals surface area (Å²) in [4.78, 5) is 0. The van der Waals surface area contributed by atoms with Crippen LogP contribution in [-0.4, -0.2) is 26.8 Å². The van der Waals surface area contributed by atoms with Gasteiger partial charge in [0.25, 0.3) is 0 Å². The summed E-state index contributed by atoms with van der Waals surface area (Å²) in [6.45, 7) is 6.16. The fourth-order valence-electron chi connectivity index (χ4n) is 1.55. The Morgan fingerprint density at radius 3 is 2.29 bits per heavy atom. The second kappa shape index (κ2) is 5.38. The maximum Gasteiger partial charge on any atom is 0.121 e. The molecule has 0 amide bonds. The van der Waals surface area contributed by atoms with Crippen molar-refractivity contribution >= 4 is 15.9 Å². The molecule has 0 fully saturated rings. The Balaban J connectivity index is 3.15. The molecule has 1 aromatic rings. The van der Waals surface area contributed by atoms with Crippen molar-refractivity contribution in [3.8, 4) is 5.75 Å². The summed E-state index contributed by atoms with van der Waals surface area (Å²) in [5.74, 6) is 0.00509. The molecule has 3 N–H and O–H groups in total. The van der Waals surface area contributed by atoms with E-state index in [9.17, 15) is 15.3 Å². The van der Waals surface area contributed by atoms with Crippen LogP contribution in [-0.2, 0) is 5.41 Å². The van der Waals surface area contributed by atoms with Gasteiger partial charge in [0.15, 0.2) is 0 Å². The van der Waals surface area contributed by atoms with Crippen LogP contribution in [0.25, 0.3) is 0 Å². The quantitative estimate of drug-likeness (QED) is 0.752. The molecular weight excluding hydrogens is 284 g/mol. The summed E-state index contributed by atoms with van der Waals surface area (Å²) in [7, 11) is 0. The summed E-state index contributed by atoms with van der Waals surface area (Å²) in [5.41, 5.74) is 1.30. The van der Waals surface area contributed by atoms with Crippen molar-refractivity contribution in [2.75, 3.05) is 5.33 Å². The van der Waals surface area contributed by atoms with E-state index >= 15 is 0 Å². The fraction of sp³-hybridized carbons (Fsp3) is 0.538. The number of phenols is 1. The SMILES string of the molecule is CC(C)(C)c1ccc(O)c(C(O)C(O)CBr)c1. The zero-order chi connectivity index (χ0) is 13.2. The minimum atomic E-state index is -1.09. The van der Waals surface area contributed by atoms with E-state index in [0.717, 1.165) is 5.56 Å². The molecule has 3 nitrogen and oxygen atoms in total. The Morgan fingerprint density at radius 2 is 1.82 bits per heavy atom. The van der Waals surface area contributed by atoms with Gasteiger partial charge in [0, 0.05) is 10.9 Å². The number of hydrogen-bond acceptors (Lipinski definition) is 3. The van der Waals surface area contributed by atoms with E-state index in [1.807, 2.05) is 6.07 Å². The summed E-state index contributed by atoms with van der Waals surface area (Å²) in [6, 6.07) is 5.12. The minimum absolute atomic E-state index is 0.00509. The van der Waals surface area contributed by atoms with Gasteiger partial charge in [-0.15, -0.1) is 0 Å². The highest BCUT2D eigenvalue weighted by molar-refractivity contribution is 9.09. The molecule has 17 heavy (non-hydrogen) atoms. The first-order valence-electron chi connectivity index (χ1n) is 5.53. The van der Waals surface area contributed by atoms with Crippen LogP contribution >= 0.6 is 15.9 Å². The van der Waals surface area contributed by atoms with Crippen molar-refractivity contribution in [1.29, 1.82) is 0 Å². The summed E-state index contributed by atoms with van der Waals surface area (Å²) in [6.07, 6.45) is -2.02. The molecule has 1 rings (SSSR count). The van der Waals surface area contributed by atoms with E-state index in [0.29, 0.717) is 5.56 Å². The van der Waals surface area contributed by atoms with Crippen LogP contribution in [0.15, 0.2) is 18.2 Å². The number of rotatable bonds is 3. The van der Waals surface area contributed by atoms with E-state index in [4.69, 9.17) is 0 Å². The molecule has 4 heteroatoms. The van der Waals surface area contributed by atoms with Crippen LogP contribution in [0.3, 0.4) is 0 Å². The Kier molecular flexibility index (Phi) is 4.58. The number of aliphatic hydroxyl groups is 2. The molecule has 0 spiro atoms. The predicted molar refractivity (Wildman–Crippen MR) is 71.6 cm³/mol. The molecule has 0 heterocycles. The number of phenolic OH excluding ortho intramolecular Hbond substituents is 1. The first kappa shape index (κ1) is 14.5. The van der Waals surface area contributed by atoms with E-state index in [1.165, 1.54) is 0 Å². The molecule has 1 aromatic carbocycles. The fourth-order valence-corrected chi connectivity index (χ4v) is 1.90. The Bertz CT molecular complexity index is 385. The first-order chi connectivity index (χ1) is 7.77. The van der Waals surface area contributed by atoms with Crippen molar-refractivity contribution in [3.63, 3.8) is 0 Å². The zero-order valence-corrected chi connectivity index (χ0v) is 11.9. The van der Waals surface area contributed by atoms with E-state index < -0.39 is 12.2 Å². The van der Waals surface area contributed by atoms with Gasteiger partial charge in [0.1, 0.15) is 11.9 Å². The maximum atomic E-state index is 9.92. The number of aromatic hydroxyl groups is 1. The lowest BCUT2D eigenvalue weighted by Gasteiger charge is -2.23. The van der Waals surface area contributed by atoms with E-state index in [2.05, 4.69) is 36.7 Å². The van der Waals surface area contributed by atoms with Crippen LogP contribution in [0, 0.1) is 0 Å². The molecule has 0 aromatic heterocycles. The molecular formula is C13H19BrO3. The summed E-state index contributed by atoms with van der Waals surface area (Å²) >= 11 is 3.10. The van der Waals surface area contributed by atoms with E-state index in [-0.39, 0.29) is 16.5 Å². The molecule has 0 saturated heterocycles. The van der Waals surface area contributed by atoms with Crippen LogP contribution in [0.1, 0.15) is 38.0 Å². The molecule has 96 valence electrons. The van der Waals surface area contributed by atoms with Gasteiger partial charge >= 0.3 is 0 Å². The third-order valence-electron chi connectivity index (χ3n) is 2.73. The second-order valence-corrected chi connectivity index (χ2v) is 5.84. The number of alkyl halides is 1. The van der Waals surface area contributed by atoms with Crippen molar-refractivity contribution in [2.24, 2.45) is 0 Å². The normalized spacial score (nSPS) is 15.6. The molecule has 0 aliphatic carbocycles. The third-order valence-corrected chi connectivity index (χ3v) is 3.40. The number of halogens is 1. The van der Waals surface area contributed by atoms with Crippen molar-refractivity contribution in [2.45, 2.75) is 38.4 Å². The van der Waals surface area contributed by atoms with Gasteiger partial charge in [-0.1, -0.05) is 42.8 Å². The van der Waals surface area contributed by atoms with Crippen molar-refractivity contribution in [3.05, 3.63) is 29.3 Å². The Morgan fingerprint density at radius 1 is 1.24 bits per heavy atom. The highest BCUT2D eigenvalue weighted by Gasteiger charge is 2.23. The largest absolute Gasteiger partial charge is 0.508 e. The van der Waals surface area contributed by atoms with Crippen molar-refractivity contribution in [1.82, 2.24) is 0 Å². The average Bonchev–Trinajstić information content (AvgIpc) is 2.26. The lowest BCUT2D eigenvalue weighted by Crippen LogP contribution is -2.20. The van der Waals surface area contributed by atoms with Crippen LogP contribution < -0.4 is 0 Å². The van der Waals surface area contributed by atoms with Gasteiger partial charge in [-0.25, -0.2) is 0 Å². The zero-order valence-electron chi connectivity index (χ0n) is 10.3. The van der Waals surface area contributed by atoms with Crippen LogP contribution in [0.4, 0.5) is 0 Å². The van der Waals surface area contributed by atoms with Gasteiger partial charge in [-0.3, -0.25) is 0 Å². The van der Waals surface area contributed by atoms with Gasteiger partial charge < -0.3 is 15.3 Å². The van der Waals surface area contributed by atoms with E-state index in [1.54, 1.807) is 12.1 Å². The summed E-state index contributed by atoms with van der Waals surface area (Å²) < 4.78 is 0. The van der Waals surface area contributed by atoms with Gasteiger partial charge in [0.2, 0.25) is 0 Å². The maximum absolute atomic E-state index is 9.92. The molecule has 0 aliphatic rings. The first-order valence-corrected chi connectivity index (χ1v) is 6.65. The number of aliphatic hydroxyl groups excluding tert-OH is 2. The highest BCUT2D eigenvalue weighted by atomic mass is 79.9. The van der Waals surface area contributed by atoms with Gasteiger partial charge in [-0.2, -0.15) is 0 Å². The lowest BCUT2D eigenvalue weighted by molar-refractivity contribution is 0.0327. The lowest BCUT2D eigenvalue weighted by atomic mass is 9.85. The predicted octanol–water partition coefficient (Wildman–Crippen LogP) is 2.48. The van der Waals surface area contributed by atoms with Gasteiger partial charge in [0.05, 0.1) is 6.10 Å². The third kappa shape index (κ3) is 3.44. The number of hydrogen-bond donors (Lipinski definition) is 3. The molecule has 0 aliphatic heterocycles.